The topological polar surface area (TPSA) is 68.5 Å². The number of ether oxygens (including phenoxy) is 1. The number of fused-ring (bicyclic) bond motifs is 1. The number of halogens is 2. The molecule has 7 heteroatoms. The Kier molecular flexibility index (Phi) is 4.72. The molecule has 0 bridgehead atoms. The minimum Gasteiger partial charge on any atom is -0.481 e. The van der Waals surface area contributed by atoms with Crippen LogP contribution >= 0.6 is 11.6 Å². The van der Waals surface area contributed by atoms with Gasteiger partial charge >= 0.3 is 5.63 Å². The fraction of sp³-hybridized carbons (Fsp3) is 0.111. The van der Waals surface area contributed by atoms with Crippen LogP contribution in [0.1, 0.15) is 6.92 Å². The van der Waals surface area contributed by atoms with E-state index in [4.69, 9.17) is 20.8 Å². The van der Waals surface area contributed by atoms with Gasteiger partial charge in [-0.15, -0.1) is 0 Å². The Morgan fingerprint density at radius 1 is 1.20 bits per heavy atom. The number of benzene rings is 2. The van der Waals surface area contributed by atoms with E-state index >= 15 is 0 Å². The van der Waals surface area contributed by atoms with Crippen LogP contribution in [0, 0.1) is 5.82 Å². The second-order valence-electron chi connectivity index (χ2n) is 5.33. The van der Waals surface area contributed by atoms with Gasteiger partial charge < -0.3 is 14.5 Å². The van der Waals surface area contributed by atoms with Crippen molar-refractivity contribution in [2.24, 2.45) is 0 Å². The van der Waals surface area contributed by atoms with Crippen molar-refractivity contribution >= 4 is 34.2 Å². The second kappa shape index (κ2) is 6.94. The molecule has 3 aromatic rings. The zero-order chi connectivity index (χ0) is 18.0. The van der Waals surface area contributed by atoms with Crippen molar-refractivity contribution in [3.8, 4) is 5.75 Å². The molecule has 0 unspecified atom stereocenters. The summed E-state index contributed by atoms with van der Waals surface area (Å²) in [6, 6.07) is 11.5. The molecule has 2 aromatic carbocycles. The molecule has 1 N–H and O–H groups in total. The minimum absolute atomic E-state index is 0.0908. The van der Waals surface area contributed by atoms with Crippen LogP contribution < -0.4 is 15.7 Å². The third-order valence-corrected chi connectivity index (χ3v) is 3.78. The number of amides is 1. The number of hydrogen-bond donors (Lipinski definition) is 1. The maximum absolute atomic E-state index is 13.0. The lowest BCUT2D eigenvalue weighted by Crippen LogP contribution is -2.30. The van der Waals surface area contributed by atoms with E-state index in [1.165, 1.54) is 24.3 Å². The average Bonchev–Trinajstić information content (AvgIpc) is 2.57. The zero-order valence-electron chi connectivity index (χ0n) is 13.1. The first kappa shape index (κ1) is 17.0. The van der Waals surface area contributed by atoms with E-state index in [1.807, 2.05) is 0 Å². The minimum atomic E-state index is -0.853. The first-order valence-electron chi connectivity index (χ1n) is 7.39. The first-order chi connectivity index (χ1) is 11.9. The molecule has 0 saturated heterocycles. The highest BCUT2D eigenvalue weighted by atomic mass is 35.5. The molecule has 0 fully saturated rings. The molecule has 1 aromatic heterocycles. The molecular formula is C18H13ClFNO4. The van der Waals surface area contributed by atoms with Gasteiger partial charge in [-0.2, -0.15) is 0 Å². The fourth-order valence-corrected chi connectivity index (χ4v) is 2.41. The molecular weight excluding hydrogens is 349 g/mol. The monoisotopic (exact) mass is 361 g/mol. The summed E-state index contributed by atoms with van der Waals surface area (Å²) in [4.78, 5) is 23.5. The summed E-state index contributed by atoms with van der Waals surface area (Å²) in [5, 5.41) is 3.40. The molecule has 0 aliphatic carbocycles. The molecule has 1 amide bonds. The van der Waals surface area contributed by atoms with Gasteiger partial charge in [-0.05, 0) is 43.3 Å². The van der Waals surface area contributed by atoms with Crippen molar-refractivity contribution in [1.82, 2.24) is 0 Å². The Morgan fingerprint density at radius 2 is 1.96 bits per heavy atom. The van der Waals surface area contributed by atoms with E-state index in [0.29, 0.717) is 11.3 Å². The fourth-order valence-electron chi connectivity index (χ4n) is 2.20. The summed E-state index contributed by atoms with van der Waals surface area (Å²) < 4.78 is 23.7. The highest BCUT2D eigenvalue weighted by Crippen LogP contribution is 2.24. The van der Waals surface area contributed by atoms with Gasteiger partial charge in [-0.3, -0.25) is 4.79 Å². The van der Waals surface area contributed by atoms with Crippen LogP contribution in [0.25, 0.3) is 11.0 Å². The standard InChI is InChI=1S/C18H13ClFNO4/c1-10(18(23)21-15-6-4-12(20)8-14(15)19)24-13-5-2-11-3-7-17(22)25-16(11)9-13/h2-10H,1H3,(H,21,23)/t10-/m0/s1. The van der Waals surface area contributed by atoms with Crippen molar-refractivity contribution in [2.45, 2.75) is 13.0 Å². The molecule has 0 aliphatic heterocycles. The number of anilines is 1. The molecule has 1 atom stereocenters. The molecule has 1 heterocycles. The Hall–Kier alpha value is -2.86. The van der Waals surface area contributed by atoms with Gasteiger partial charge in [-0.25, -0.2) is 9.18 Å². The van der Waals surface area contributed by atoms with Crippen molar-refractivity contribution in [3.63, 3.8) is 0 Å². The Bertz CT molecular complexity index is 1000. The lowest BCUT2D eigenvalue weighted by atomic mass is 10.2. The van der Waals surface area contributed by atoms with Gasteiger partial charge in [0.25, 0.3) is 5.91 Å². The maximum Gasteiger partial charge on any atom is 0.336 e. The average molecular weight is 362 g/mol. The Labute approximate surface area is 147 Å². The van der Waals surface area contributed by atoms with E-state index in [0.717, 1.165) is 11.5 Å². The largest absolute Gasteiger partial charge is 0.481 e. The number of hydrogen-bond acceptors (Lipinski definition) is 4. The molecule has 0 radical (unpaired) electrons. The first-order valence-corrected chi connectivity index (χ1v) is 7.77. The summed E-state index contributed by atoms with van der Waals surface area (Å²) in [5.41, 5.74) is 0.175. The van der Waals surface area contributed by atoms with Crippen molar-refractivity contribution < 1.29 is 18.3 Å². The van der Waals surface area contributed by atoms with Crippen LogP contribution in [0.2, 0.25) is 5.02 Å². The summed E-state index contributed by atoms with van der Waals surface area (Å²) in [5.74, 6) is -0.581. The summed E-state index contributed by atoms with van der Waals surface area (Å²) in [7, 11) is 0. The molecule has 0 saturated carbocycles. The Morgan fingerprint density at radius 3 is 2.72 bits per heavy atom. The van der Waals surface area contributed by atoms with Gasteiger partial charge in [0.1, 0.15) is 17.1 Å². The van der Waals surface area contributed by atoms with Crippen molar-refractivity contribution in [1.29, 1.82) is 0 Å². The molecule has 0 aliphatic rings. The second-order valence-corrected chi connectivity index (χ2v) is 5.73. The summed E-state index contributed by atoms with van der Waals surface area (Å²) in [6.07, 6.45) is -0.853. The van der Waals surface area contributed by atoms with E-state index in [1.54, 1.807) is 25.1 Å². The van der Waals surface area contributed by atoms with E-state index in [9.17, 15) is 14.0 Å². The number of carbonyl (C=O) groups excluding carboxylic acids is 1. The van der Waals surface area contributed by atoms with Crippen LogP contribution in [0.4, 0.5) is 10.1 Å². The molecule has 0 spiro atoms. The molecule has 128 valence electrons. The smallest absolute Gasteiger partial charge is 0.336 e. The normalized spacial score (nSPS) is 12.0. The number of rotatable bonds is 4. The van der Waals surface area contributed by atoms with E-state index < -0.39 is 23.5 Å². The van der Waals surface area contributed by atoms with Crippen LogP contribution in [0.3, 0.4) is 0 Å². The van der Waals surface area contributed by atoms with Crippen molar-refractivity contribution in [3.05, 3.63) is 69.8 Å². The van der Waals surface area contributed by atoms with Gasteiger partial charge in [0.05, 0.1) is 10.7 Å². The predicted octanol–water partition coefficient (Wildman–Crippen LogP) is 3.99. The Balaban J connectivity index is 1.73. The molecule has 3 rings (SSSR count). The van der Waals surface area contributed by atoms with Gasteiger partial charge in [0.15, 0.2) is 6.10 Å². The quantitative estimate of drug-likeness (QED) is 0.713. The highest BCUT2D eigenvalue weighted by Gasteiger charge is 2.16. The van der Waals surface area contributed by atoms with Crippen molar-refractivity contribution in [2.75, 3.05) is 5.32 Å². The van der Waals surface area contributed by atoms with Gasteiger partial charge in [-0.1, -0.05) is 11.6 Å². The third kappa shape index (κ3) is 3.97. The number of nitrogens with one attached hydrogen (secondary N) is 1. The highest BCUT2D eigenvalue weighted by molar-refractivity contribution is 6.33. The van der Waals surface area contributed by atoms with Crippen LogP contribution in [0.5, 0.6) is 5.75 Å². The van der Waals surface area contributed by atoms with Crippen LogP contribution in [0.15, 0.2) is 57.7 Å². The maximum atomic E-state index is 13.0. The lowest BCUT2D eigenvalue weighted by molar-refractivity contribution is -0.122. The van der Waals surface area contributed by atoms with Gasteiger partial charge in [0.2, 0.25) is 0 Å². The summed E-state index contributed by atoms with van der Waals surface area (Å²) in [6.45, 7) is 1.55. The zero-order valence-corrected chi connectivity index (χ0v) is 13.8. The van der Waals surface area contributed by atoms with E-state index in [-0.39, 0.29) is 10.7 Å². The third-order valence-electron chi connectivity index (χ3n) is 3.47. The lowest BCUT2D eigenvalue weighted by Gasteiger charge is -2.15. The molecule has 25 heavy (non-hydrogen) atoms. The predicted molar refractivity (Wildman–Crippen MR) is 92.6 cm³/mol. The van der Waals surface area contributed by atoms with Gasteiger partial charge in [0, 0.05) is 17.5 Å². The number of carbonyl (C=O) groups is 1. The molecule has 5 nitrogen and oxygen atoms in total. The van der Waals surface area contributed by atoms with Crippen LogP contribution in [-0.4, -0.2) is 12.0 Å². The summed E-state index contributed by atoms with van der Waals surface area (Å²) >= 11 is 5.88. The SMILES string of the molecule is C[C@H](Oc1ccc2ccc(=O)oc2c1)C(=O)Nc1ccc(F)cc1Cl. The van der Waals surface area contributed by atoms with Crippen LogP contribution in [-0.2, 0) is 4.79 Å². The van der Waals surface area contributed by atoms with E-state index in [2.05, 4.69) is 5.32 Å².